The highest BCUT2D eigenvalue weighted by Crippen LogP contribution is 2.36. The number of rotatable bonds is 10. The average molecular weight is 255 g/mol. The van der Waals surface area contributed by atoms with E-state index < -0.39 is 0 Å². The van der Waals surface area contributed by atoms with Gasteiger partial charge in [-0.1, -0.05) is 19.8 Å². The van der Waals surface area contributed by atoms with Gasteiger partial charge in [0.1, 0.15) is 0 Å². The predicted octanol–water partition coefficient (Wildman–Crippen LogP) is 2.18. The van der Waals surface area contributed by atoms with E-state index in [0.29, 0.717) is 5.54 Å². The molecule has 3 heteroatoms. The summed E-state index contributed by atoms with van der Waals surface area (Å²) >= 11 is 0. The number of likely N-dealkylation sites (N-methyl/N-ethyl adjacent to an activating group) is 2. The zero-order valence-electron chi connectivity index (χ0n) is 13.0. The van der Waals surface area contributed by atoms with Crippen molar-refractivity contribution in [1.29, 1.82) is 0 Å². The molecule has 0 spiro atoms. The summed E-state index contributed by atoms with van der Waals surface area (Å²) in [5, 5.41) is 3.55. The fraction of sp³-hybridized carbons (Fsp3) is 1.00. The lowest BCUT2D eigenvalue weighted by molar-refractivity contribution is 0.0282. The molecule has 0 saturated heterocycles. The zero-order valence-corrected chi connectivity index (χ0v) is 13.0. The van der Waals surface area contributed by atoms with Gasteiger partial charge < -0.3 is 15.1 Å². The molecule has 0 unspecified atom stereocenters. The maximum absolute atomic E-state index is 3.55. The van der Waals surface area contributed by atoms with Gasteiger partial charge in [0.15, 0.2) is 0 Å². The molecular weight excluding hydrogens is 222 g/mol. The van der Waals surface area contributed by atoms with Crippen molar-refractivity contribution in [2.45, 2.75) is 51.0 Å². The second-order valence-electron chi connectivity index (χ2n) is 6.17. The molecule has 0 radical (unpaired) electrons. The summed E-state index contributed by atoms with van der Waals surface area (Å²) in [6, 6.07) is 0. The van der Waals surface area contributed by atoms with Crippen LogP contribution in [0.5, 0.6) is 0 Å². The van der Waals surface area contributed by atoms with E-state index in [-0.39, 0.29) is 0 Å². The van der Waals surface area contributed by atoms with Gasteiger partial charge in [0.05, 0.1) is 0 Å². The fourth-order valence-corrected chi connectivity index (χ4v) is 2.81. The SMILES string of the molecule is CCCCCNCCN(C)CC1(N(C)C)CCC1. The molecule has 0 aliphatic heterocycles. The van der Waals surface area contributed by atoms with E-state index in [0.717, 1.165) is 6.54 Å². The van der Waals surface area contributed by atoms with E-state index in [1.165, 1.54) is 58.2 Å². The van der Waals surface area contributed by atoms with Crippen molar-refractivity contribution in [2.24, 2.45) is 0 Å². The van der Waals surface area contributed by atoms with E-state index in [2.05, 4.69) is 43.2 Å². The van der Waals surface area contributed by atoms with Crippen molar-refractivity contribution >= 4 is 0 Å². The average Bonchev–Trinajstić information content (AvgIpc) is 2.28. The third-order valence-electron chi connectivity index (χ3n) is 4.42. The molecular formula is C15H33N3. The summed E-state index contributed by atoms with van der Waals surface area (Å²) in [5.41, 5.74) is 0.469. The maximum Gasteiger partial charge on any atom is 0.0330 e. The molecule has 3 nitrogen and oxygen atoms in total. The van der Waals surface area contributed by atoms with Gasteiger partial charge >= 0.3 is 0 Å². The second-order valence-corrected chi connectivity index (χ2v) is 6.17. The minimum atomic E-state index is 0.469. The van der Waals surface area contributed by atoms with Gasteiger partial charge in [-0.05, 0) is 53.4 Å². The molecule has 0 atom stereocenters. The Morgan fingerprint density at radius 2 is 1.78 bits per heavy atom. The maximum atomic E-state index is 3.55. The molecule has 1 N–H and O–H groups in total. The van der Waals surface area contributed by atoms with E-state index in [1.54, 1.807) is 0 Å². The molecule has 18 heavy (non-hydrogen) atoms. The lowest BCUT2D eigenvalue weighted by Gasteiger charge is -2.49. The highest BCUT2D eigenvalue weighted by Gasteiger charge is 2.39. The van der Waals surface area contributed by atoms with Crippen LogP contribution in [0, 0.1) is 0 Å². The van der Waals surface area contributed by atoms with Gasteiger partial charge in [0.2, 0.25) is 0 Å². The molecule has 0 heterocycles. The predicted molar refractivity (Wildman–Crippen MR) is 80.2 cm³/mol. The van der Waals surface area contributed by atoms with Crippen LogP contribution in [0.4, 0.5) is 0 Å². The van der Waals surface area contributed by atoms with E-state index in [1.807, 2.05) is 0 Å². The van der Waals surface area contributed by atoms with Crippen LogP contribution in [0.1, 0.15) is 45.4 Å². The van der Waals surface area contributed by atoms with Crippen LogP contribution < -0.4 is 5.32 Å². The monoisotopic (exact) mass is 255 g/mol. The summed E-state index contributed by atoms with van der Waals surface area (Å²) in [6.45, 7) is 6.95. The van der Waals surface area contributed by atoms with Crippen LogP contribution in [-0.2, 0) is 0 Å². The largest absolute Gasteiger partial charge is 0.315 e. The first-order chi connectivity index (χ1) is 8.60. The van der Waals surface area contributed by atoms with Crippen LogP contribution in [0.2, 0.25) is 0 Å². The number of unbranched alkanes of at least 4 members (excludes halogenated alkanes) is 2. The summed E-state index contributed by atoms with van der Waals surface area (Å²) in [6.07, 6.45) is 8.13. The molecule has 1 fully saturated rings. The van der Waals surface area contributed by atoms with Crippen molar-refractivity contribution in [3.05, 3.63) is 0 Å². The second kappa shape index (κ2) is 8.13. The van der Waals surface area contributed by atoms with E-state index in [4.69, 9.17) is 0 Å². The molecule has 1 saturated carbocycles. The summed E-state index contributed by atoms with van der Waals surface area (Å²) in [7, 11) is 6.73. The minimum Gasteiger partial charge on any atom is -0.315 e. The molecule has 0 amide bonds. The number of hydrogen-bond acceptors (Lipinski definition) is 3. The number of nitrogens with zero attached hydrogens (tertiary/aromatic N) is 2. The Morgan fingerprint density at radius 1 is 1.06 bits per heavy atom. The number of hydrogen-bond donors (Lipinski definition) is 1. The first-order valence-electron chi connectivity index (χ1n) is 7.67. The lowest BCUT2D eigenvalue weighted by atomic mass is 9.75. The molecule has 0 aromatic heterocycles. The Morgan fingerprint density at radius 3 is 2.28 bits per heavy atom. The Bertz CT molecular complexity index is 212. The smallest absolute Gasteiger partial charge is 0.0330 e. The minimum absolute atomic E-state index is 0.469. The van der Waals surface area contributed by atoms with Gasteiger partial charge in [0, 0.05) is 25.2 Å². The van der Waals surface area contributed by atoms with Gasteiger partial charge in [-0.2, -0.15) is 0 Å². The first-order valence-corrected chi connectivity index (χ1v) is 7.67. The van der Waals surface area contributed by atoms with Crippen molar-refractivity contribution < 1.29 is 0 Å². The Hall–Kier alpha value is -0.120. The van der Waals surface area contributed by atoms with Crippen LogP contribution in [-0.4, -0.2) is 62.7 Å². The van der Waals surface area contributed by atoms with Gasteiger partial charge in [0.25, 0.3) is 0 Å². The molecule has 108 valence electrons. The molecule has 0 bridgehead atoms. The fourth-order valence-electron chi connectivity index (χ4n) is 2.81. The van der Waals surface area contributed by atoms with E-state index >= 15 is 0 Å². The lowest BCUT2D eigenvalue weighted by Crippen LogP contribution is -2.57. The summed E-state index contributed by atoms with van der Waals surface area (Å²) < 4.78 is 0. The van der Waals surface area contributed by atoms with Crippen LogP contribution in [0.3, 0.4) is 0 Å². The quantitative estimate of drug-likeness (QED) is 0.604. The first kappa shape index (κ1) is 15.9. The van der Waals surface area contributed by atoms with Crippen molar-refractivity contribution in [1.82, 2.24) is 15.1 Å². The highest BCUT2D eigenvalue weighted by molar-refractivity contribution is 4.97. The topological polar surface area (TPSA) is 18.5 Å². The number of nitrogens with one attached hydrogen (secondary N) is 1. The highest BCUT2D eigenvalue weighted by atomic mass is 15.2. The third-order valence-corrected chi connectivity index (χ3v) is 4.42. The van der Waals surface area contributed by atoms with Gasteiger partial charge in [-0.15, -0.1) is 0 Å². The van der Waals surface area contributed by atoms with E-state index in [9.17, 15) is 0 Å². The van der Waals surface area contributed by atoms with Crippen molar-refractivity contribution in [3.8, 4) is 0 Å². The molecule has 1 rings (SSSR count). The van der Waals surface area contributed by atoms with Crippen molar-refractivity contribution in [3.63, 3.8) is 0 Å². The van der Waals surface area contributed by atoms with Crippen LogP contribution in [0.25, 0.3) is 0 Å². The standard InChI is InChI=1S/C15H33N3/c1-5-6-7-11-16-12-13-18(4)14-15(17(2)3)9-8-10-15/h16H,5-14H2,1-4H3. The third kappa shape index (κ3) is 4.87. The van der Waals surface area contributed by atoms with Gasteiger partial charge in [-0.3, -0.25) is 0 Å². The summed E-state index contributed by atoms with van der Waals surface area (Å²) in [4.78, 5) is 4.92. The van der Waals surface area contributed by atoms with Gasteiger partial charge in [-0.25, -0.2) is 0 Å². The van der Waals surface area contributed by atoms with Crippen LogP contribution in [0.15, 0.2) is 0 Å². The molecule has 0 aromatic carbocycles. The normalized spacial score (nSPS) is 18.3. The Kier molecular flexibility index (Phi) is 7.20. The molecule has 0 aromatic rings. The molecule has 1 aliphatic carbocycles. The van der Waals surface area contributed by atoms with Crippen molar-refractivity contribution in [2.75, 3.05) is 47.3 Å². The molecule has 1 aliphatic rings. The summed E-state index contributed by atoms with van der Waals surface area (Å²) in [5.74, 6) is 0. The Labute approximate surface area is 114 Å². The zero-order chi connectivity index (χ0) is 13.4. The van der Waals surface area contributed by atoms with Crippen LogP contribution >= 0.6 is 0 Å². The Balaban J connectivity index is 2.08.